The van der Waals surface area contributed by atoms with Gasteiger partial charge in [0.1, 0.15) is 0 Å². The zero-order valence-corrected chi connectivity index (χ0v) is 14.3. The molecule has 0 fully saturated rings. The van der Waals surface area contributed by atoms with E-state index < -0.39 is 0 Å². The maximum atomic E-state index is 4.76. The third-order valence-corrected chi connectivity index (χ3v) is 4.33. The molecule has 1 heterocycles. The van der Waals surface area contributed by atoms with Crippen LogP contribution in [0.3, 0.4) is 0 Å². The van der Waals surface area contributed by atoms with E-state index in [0.29, 0.717) is 0 Å². The van der Waals surface area contributed by atoms with Crippen LogP contribution in [0.1, 0.15) is 46.7 Å². The molecule has 116 valence electrons. The average Bonchev–Trinajstić information content (AvgIpc) is 2.73. The topological polar surface area (TPSA) is 29.9 Å². The molecule has 0 amide bonds. The first-order valence-electron chi connectivity index (χ1n) is 7.90. The van der Waals surface area contributed by atoms with Gasteiger partial charge in [0.15, 0.2) is 0 Å². The summed E-state index contributed by atoms with van der Waals surface area (Å²) < 4.78 is 2.00. The minimum atomic E-state index is 0.155. The van der Waals surface area contributed by atoms with E-state index in [1.807, 2.05) is 11.7 Å². The van der Waals surface area contributed by atoms with E-state index in [1.165, 1.54) is 16.6 Å². The molecule has 0 bridgehead atoms. The third kappa shape index (κ3) is 3.85. The second-order valence-electron chi connectivity index (χ2n) is 7.53. The van der Waals surface area contributed by atoms with Gasteiger partial charge in [0.25, 0.3) is 0 Å². The smallest absolute Gasteiger partial charge is 0.0709 e. The summed E-state index contributed by atoms with van der Waals surface area (Å²) in [5.41, 5.74) is 2.82. The number of aromatic nitrogens is 2. The fourth-order valence-electron chi connectivity index (χ4n) is 2.61. The van der Waals surface area contributed by atoms with Gasteiger partial charge in [0.05, 0.1) is 11.2 Å². The van der Waals surface area contributed by atoms with Gasteiger partial charge >= 0.3 is 0 Å². The number of nitrogens with zero attached hydrogens (tertiary/aromatic N) is 2. The number of nitrogens with one attached hydrogen (secondary N) is 1. The number of para-hydroxylation sites is 1. The van der Waals surface area contributed by atoms with Crippen LogP contribution in [0.2, 0.25) is 0 Å². The molecule has 1 aromatic heterocycles. The molecule has 0 spiro atoms. The molecule has 1 aromatic carbocycles. The van der Waals surface area contributed by atoms with Gasteiger partial charge in [-0.3, -0.25) is 4.68 Å². The van der Waals surface area contributed by atoms with E-state index in [1.54, 1.807) is 0 Å². The van der Waals surface area contributed by atoms with Crippen LogP contribution >= 0.6 is 0 Å². The Labute approximate surface area is 128 Å². The van der Waals surface area contributed by atoms with Crippen molar-refractivity contribution < 1.29 is 0 Å². The number of benzene rings is 1. The number of aryl methyl sites for hydroxylation is 1. The fourth-order valence-corrected chi connectivity index (χ4v) is 2.61. The Morgan fingerprint density at radius 3 is 2.43 bits per heavy atom. The van der Waals surface area contributed by atoms with Crippen LogP contribution in [-0.2, 0) is 13.5 Å². The Balaban J connectivity index is 2.24. The molecule has 1 N–H and O–H groups in total. The second kappa shape index (κ2) is 5.80. The van der Waals surface area contributed by atoms with Crippen molar-refractivity contribution in [2.45, 2.75) is 53.0 Å². The maximum absolute atomic E-state index is 4.76. The number of hydrogen-bond acceptors (Lipinski definition) is 2. The molecular weight excluding hydrogens is 258 g/mol. The summed E-state index contributed by atoms with van der Waals surface area (Å²) >= 11 is 0. The van der Waals surface area contributed by atoms with E-state index in [4.69, 9.17) is 5.10 Å². The van der Waals surface area contributed by atoms with Gasteiger partial charge in [-0.25, -0.2) is 0 Å². The first-order valence-corrected chi connectivity index (χ1v) is 7.90. The molecule has 0 saturated heterocycles. The Morgan fingerprint density at radius 1 is 1.14 bits per heavy atom. The van der Waals surface area contributed by atoms with Gasteiger partial charge in [0, 0.05) is 24.5 Å². The standard InChI is InChI=1S/C18H29N3/c1-7-18(5,13-19-17(2,3)4)12-15-14-10-8-9-11-16(14)21(6)20-15/h8-11,19H,7,12-13H2,1-6H3. The lowest BCUT2D eigenvalue weighted by Crippen LogP contribution is -2.43. The second-order valence-corrected chi connectivity index (χ2v) is 7.53. The highest BCUT2D eigenvalue weighted by molar-refractivity contribution is 5.81. The first kappa shape index (κ1) is 16.0. The molecule has 0 aliphatic heterocycles. The van der Waals surface area contributed by atoms with Crippen LogP contribution in [0.25, 0.3) is 10.9 Å². The number of fused-ring (bicyclic) bond motifs is 1. The average molecular weight is 287 g/mol. The highest BCUT2D eigenvalue weighted by Gasteiger charge is 2.26. The normalized spacial score (nSPS) is 15.3. The van der Waals surface area contributed by atoms with Crippen molar-refractivity contribution >= 4 is 10.9 Å². The Kier molecular flexibility index (Phi) is 4.43. The molecule has 3 heteroatoms. The summed E-state index contributed by atoms with van der Waals surface area (Å²) in [6, 6.07) is 8.51. The Hall–Kier alpha value is -1.35. The van der Waals surface area contributed by atoms with E-state index in [0.717, 1.165) is 19.4 Å². The summed E-state index contributed by atoms with van der Waals surface area (Å²) in [6.45, 7) is 12.3. The summed E-state index contributed by atoms with van der Waals surface area (Å²) in [5.74, 6) is 0. The van der Waals surface area contributed by atoms with Crippen molar-refractivity contribution in [3.8, 4) is 0 Å². The zero-order valence-electron chi connectivity index (χ0n) is 14.3. The van der Waals surface area contributed by atoms with Crippen LogP contribution in [0.15, 0.2) is 24.3 Å². The van der Waals surface area contributed by atoms with Crippen molar-refractivity contribution in [3.63, 3.8) is 0 Å². The predicted octanol–water partition coefficient (Wildman–Crippen LogP) is 3.92. The monoisotopic (exact) mass is 287 g/mol. The van der Waals surface area contributed by atoms with Crippen LogP contribution in [0.5, 0.6) is 0 Å². The lowest BCUT2D eigenvalue weighted by atomic mass is 9.81. The first-order chi connectivity index (χ1) is 9.74. The molecule has 21 heavy (non-hydrogen) atoms. The number of rotatable bonds is 5. The van der Waals surface area contributed by atoms with Gasteiger partial charge in [-0.15, -0.1) is 0 Å². The summed E-state index contributed by atoms with van der Waals surface area (Å²) in [4.78, 5) is 0. The molecule has 0 aliphatic rings. The van der Waals surface area contributed by atoms with Crippen molar-refractivity contribution in [2.75, 3.05) is 6.54 Å². The SMILES string of the molecule is CCC(C)(CNC(C)(C)C)Cc1nn(C)c2ccccc12. The molecule has 1 unspecified atom stereocenters. The van der Waals surface area contributed by atoms with E-state index in [-0.39, 0.29) is 11.0 Å². The Morgan fingerprint density at radius 2 is 1.81 bits per heavy atom. The van der Waals surface area contributed by atoms with Gasteiger partial charge < -0.3 is 5.32 Å². The molecule has 3 nitrogen and oxygen atoms in total. The third-order valence-electron chi connectivity index (χ3n) is 4.33. The van der Waals surface area contributed by atoms with E-state index >= 15 is 0 Å². The van der Waals surface area contributed by atoms with Crippen molar-refractivity contribution in [1.82, 2.24) is 15.1 Å². The molecular formula is C18H29N3. The largest absolute Gasteiger partial charge is 0.312 e. The number of hydrogen-bond donors (Lipinski definition) is 1. The van der Waals surface area contributed by atoms with Crippen LogP contribution in [0, 0.1) is 5.41 Å². The van der Waals surface area contributed by atoms with Crippen LogP contribution < -0.4 is 5.32 Å². The highest BCUT2D eigenvalue weighted by Crippen LogP contribution is 2.29. The highest BCUT2D eigenvalue weighted by atomic mass is 15.3. The molecule has 0 aliphatic carbocycles. The van der Waals surface area contributed by atoms with E-state index in [2.05, 4.69) is 64.2 Å². The summed E-state index contributed by atoms with van der Waals surface area (Å²) in [5, 5.41) is 9.70. The van der Waals surface area contributed by atoms with Crippen LogP contribution in [0.4, 0.5) is 0 Å². The lowest BCUT2D eigenvalue weighted by Gasteiger charge is -2.32. The molecule has 2 aromatic rings. The molecule has 0 radical (unpaired) electrons. The minimum Gasteiger partial charge on any atom is -0.312 e. The van der Waals surface area contributed by atoms with E-state index in [9.17, 15) is 0 Å². The zero-order chi connectivity index (χ0) is 15.7. The predicted molar refractivity (Wildman–Crippen MR) is 90.6 cm³/mol. The molecule has 0 saturated carbocycles. The van der Waals surface area contributed by atoms with Crippen LogP contribution in [-0.4, -0.2) is 21.9 Å². The van der Waals surface area contributed by atoms with Crippen molar-refractivity contribution in [2.24, 2.45) is 12.5 Å². The minimum absolute atomic E-state index is 0.155. The quantitative estimate of drug-likeness (QED) is 0.903. The molecule has 1 atom stereocenters. The van der Waals surface area contributed by atoms with Gasteiger partial charge in [-0.2, -0.15) is 5.10 Å². The van der Waals surface area contributed by atoms with Crippen molar-refractivity contribution in [3.05, 3.63) is 30.0 Å². The van der Waals surface area contributed by atoms with Gasteiger partial charge in [-0.05, 0) is 45.1 Å². The van der Waals surface area contributed by atoms with Gasteiger partial charge in [0.2, 0.25) is 0 Å². The summed E-state index contributed by atoms with van der Waals surface area (Å²) in [6.07, 6.45) is 2.15. The maximum Gasteiger partial charge on any atom is 0.0709 e. The Bertz CT molecular complexity index is 606. The van der Waals surface area contributed by atoms with Crippen molar-refractivity contribution in [1.29, 1.82) is 0 Å². The fraction of sp³-hybridized carbons (Fsp3) is 0.611. The molecule has 2 rings (SSSR count). The summed E-state index contributed by atoms with van der Waals surface area (Å²) in [7, 11) is 2.03. The lowest BCUT2D eigenvalue weighted by molar-refractivity contribution is 0.253. The van der Waals surface area contributed by atoms with Gasteiger partial charge in [-0.1, -0.05) is 32.0 Å².